The molecule has 0 aliphatic carbocycles. The van der Waals surface area contributed by atoms with Gasteiger partial charge in [-0.3, -0.25) is 0 Å². The van der Waals surface area contributed by atoms with Crippen molar-refractivity contribution in [2.75, 3.05) is 4.90 Å². The zero-order chi connectivity index (χ0) is 36.7. The van der Waals surface area contributed by atoms with Gasteiger partial charge in [0.25, 0.3) is 0 Å². The highest BCUT2D eigenvalue weighted by molar-refractivity contribution is 6.25. The predicted molar refractivity (Wildman–Crippen MR) is 230 cm³/mol. The van der Waals surface area contributed by atoms with E-state index in [-0.39, 0.29) is 12.3 Å². The Morgan fingerprint density at radius 3 is 1.64 bits per heavy atom. The van der Waals surface area contributed by atoms with Crippen molar-refractivity contribution in [2.24, 2.45) is 4.99 Å². The number of ether oxygens (including phenoxy) is 1. The minimum Gasteiger partial charge on any atom is -0.450 e. The molecule has 264 valence electrons. The number of rotatable bonds is 5. The largest absolute Gasteiger partial charge is 0.450 e. The van der Waals surface area contributed by atoms with Crippen molar-refractivity contribution in [3.63, 3.8) is 0 Å². The Morgan fingerprint density at radius 1 is 0.429 bits per heavy atom. The highest BCUT2D eigenvalue weighted by atomic mass is 16.5. The molecule has 2 aliphatic rings. The maximum Gasteiger partial charge on any atom is 0.218 e. The van der Waals surface area contributed by atoms with E-state index in [0.717, 1.165) is 28.3 Å². The summed E-state index contributed by atoms with van der Waals surface area (Å²) in [4.78, 5) is 7.57. The second-order valence-electron chi connectivity index (χ2n) is 14.7. The molecule has 10 aromatic rings. The van der Waals surface area contributed by atoms with Crippen LogP contribution in [0.25, 0.3) is 65.9 Å². The number of para-hydroxylation sites is 3. The van der Waals surface area contributed by atoms with E-state index in [0.29, 0.717) is 5.90 Å². The van der Waals surface area contributed by atoms with E-state index in [1.807, 2.05) is 18.2 Å². The topological polar surface area (TPSA) is 34.7 Å². The van der Waals surface area contributed by atoms with Crippen molar-refractivity contribution >= 4 is 60.6 Å². The summed E-state index contributed by atoms with van der Waals surface area (Å²) in [6, 6.07) is 64.9. The van der Waals surface area contributed by atoms with Gasteiger partial charge in [0.2, 0.25) is 12.1 Å². The molecule has 2 unspecified atom stereocenters. The van der Waals surface area contributed by atoms with Gasteiger partial charge in [0.1, 0.15) is 6.04 Å². The SMILES string of the molecule is c1ccc(C2=NC3c4c(ccc5cc(-c6ccc7c(c6)c6ccn(-c8ccccc8)c6c6ccn(-c8ccccc8)c76)ccc45)N(c4ccccc4)C3O2)cc1. The maximum atomic E-state index is 6.70. The van der Waals surface area contributed by atoms with E-state index in [1.54, 1.807) is 0 Å². The molecule has 12 rings (SSSR count). The van der Waals surface area contributed by atoms with Gasteiger partial charge in [-0.25, -0.2) is 4.99 Å². The molecule has 2 aromatic heterocycles. The average Bonchev–Trinajstić information content (AvgIpc) is 4.07. The van der Waals surface area contributed by atoms with Crippen LogP contribution in [0, 0.1) is 0 Å². The van der Waals surface area contributed by atoms with Crippen LogP contribution in [0.2, 0.25) is 0 Å². The molecule has 0 saturated heterocycles. The zero-order valence-electron chi connectivity index (χ0n) is 30.3. The van der Waals surface area contributed by atoms with Gasteiger partial charge in [-0.05, 0) is 106 Å². The lowest BCUT2D eigenvalue weighted by molar-refractivity contribution is 0.210. The smallest absolute Gasteiger partial charge is 0.218 e. The molecule has 56 heavy (non-hydrogen) atoms. The van der Waals surface area contributed by atoms with E-state index >= 15 is 0 Å². The molecular formula is C51H34N4O. The van der Waals surface area contributed by atoms with Crippen molar-refractivity contribution in [3.8, 4) is 22.5 Å². The zero-order valence-corrected chi connectivity index (χ0v) is 30.3. The highest BCUT2D eigenvalue weighted by Crippen LogP contribution is 2.52. The minimum absolute atomic E-state index is 0.152. The summed E-state index contributed by atoms with van der Waals surface area (Å²) in [5.74, 6) is 0.692. The number of hydrogen-bond donors (Lipinski definition) is 0. The average molecular weight is 719 g/mol. The van der Waals surface area contributed by atoms with Gasteiger partial charge in [-0.1, -0.05) is 103 Å². The molecule has 5 nitrogen and oxygen atoms in total. The molecule has 2 atom stereocenters. The molecule has 4 heterocycles. The quantitative estimate of drug-likeness (QED) is 0.178. The summed E-state index contributed by atoms with van der Waals surface area (Å²) >= 11 is 0. The van der Waals surface area contributed by atoms with Crippen molar-refractivity contribution in [2.45, 2.75) is 12.3 Å². The molecule has 2 aliphatic heterocycles. The van der Waals surface area contributed by atoms with Crippen LogP contribution in [-0.4, -0.2) is 21.3 Å². The first kappa shape index (κ1) is 31.0. The van der Waals surface area contributed by atoms with Crippen LogP contribution >= 0.6 is 0 Å². The van der Waals surface area contributed by atoms with Gasteiger partial charge in [-0.15, -0.1) is 0 Å². The monoisotopic (exact) mass is 718 g/mol. The Morgan fingerprint density at radius 2 is 0.982 bits per heavy atom. The van der Waals surface area contributed by atoms with E-state index in [1.165, 1.54) is 60.0 Å². The molecule has 0 radical (unpaired) electrons. The first-order valence-electron chi connectivity index (χ1n) is 19.2. The van der Waals surface area contributed by atoms with Crippen molar-refractivity contribution in [1.82, 2.24) is 9.13 Å². The number of aliphatic imine (C=N–C) groups is 1. The Hall–Kier alpha value is -7.37. The molecule has 8 aromatic carbocycles. The third-order valence-electron chi connectivity index (χ3n) is 11.7. The van der Waals surface area contributed by atoms with Crippen LogP contribution in [0.3, 0.4) is 0 Å². The van der Waals surface area contributed by atoms with Crippen LogP contribution in [0.5, 0.6) is 0 Å². The molecule has 0 saturated carbocycles. The van der Waals surface area contributed by atoms with Crippen LogP contribution in [0.15, 0.2) is 199 Å². The number of hydrogen-bond acceptors (Lipinski definition) is 3. The summed E-state index contributed by atoms with van der Waals surface area (Å²) in [6.45, 7) is 0. The fourth-order valence-electron chi connectivity index (χ4n) is 9.16. The normalized spacial score (nSPS) is 16.1. The van der Waals surface area contributed by atoms with Gasteiger partial charge in [0.15, 0.2) is 0 Å². The predicted octanol–water partition coefficient (Wildman–Crippen LogP) is 12.5. The van der Waals surface area contributed by atoms with E-state index in [4.69, 9.17) is 9.73 Å². The third-order valence-corrected chi connectivity index (χ3v) is 11.7. The Balaban J connectivity index is 1.03. The second kappa shape index (κ2) is 12.1. The summed E-state index contributed by atoms with van der Waals surface area (Å²) in [6.07, 6.45) is 4.17. The number of benzene rings is 8. The van der Waals surface area contributed by atoms with Crippen molar-refractivity contribution in [3.05, 3.63) is 206 Å². The number of anilines is 2. The fraction of sp³-hybridized carbons (Fsp3) is 0.0392. The third kappa shape index (κ3) is 4.58. The van der Waals surface area contributed by atoms with Crippen molar-refractivity contribution in [1.29, 1.82) is 0 Å². The molecule has 0 spiro atoms. The van der Waals surface area contributed by atoms with Gasteiger partial charge >= 0.3 is 0 Å². The summed E-state index contributed by atoms with van der Waals surface area (Å²) < 4.78 is 11.4. The highest BCUT2D eigenvalue weighted by Gasteiger charge is 2.46. The van der Waals surface area contributed by atoms with Crippen LogP contribution < -0.4 is 4.90 Å². The summed E-state index contributed by atoms with van der Waals surface area (Å²) in [7, 11) is 0. The van der Waals surface area contributed by atoms with Crippen molar-refractivity contribution < 1.29 is 4.74 Å². The lowest BCUT2D eigenvalue weighted by Crippen LogP contribution is -2.30. The first-order valence-corrected chi connectivity index (χ1v) is 19.2. The second-order valence-corrected chi connectivity index (χ2v) is 14.7. The molecule has 5 heteroatoms. The molecule has 0 bridgehead atoms. The number of nitrogens with zero attached hydrogens (tertiary/aromatic N) is 4. The summed E-state index contributed by atoms with van der Waals surface area (Å²) in [5, 5.41) is 7.32. The fourth-order valence-corrected chi connectivity index (χ4v) is 9.16. The van der Waals surface area contributed by atoms with Gasteiger partial charge in [0.05, 0.1) is 16.7 Å². The van der Waals surface area contributed by atoms with Gasteiger partial charge in [0, 0.05) is 56.7 Å². The lowest BCUT2D eigenvalue weighted by Gasteiger charge is -2.26. The Kier molecular flexibility index (Phi) is 6.69. The molecule has 0 fully saturated rings. The van der Waals surface area contributed by atoms with E-state index in [9.17, 15) is 0 Å². The Labute approximate surface area is 323 Å². The van der Waals surface area contributed by atoms with E-state index < -0.39 is 0 Å². The Bertz CT molecular complexity index is 3170. The lowest BCUT2D eigenvalue weighted by atomic mass is 9.93. The summed E-state index contributed by atoms with van der Waals surface area (Å²) in [5.41, 5.74) is 11.5. The van der Waals surface area contributed by atoms with Gasteiger partial charge < -0.3 is 18.8 Å². The number of fused-ring (bicyclic) bond motifs is 11. The molecule has 0 N–H and O–H groups in total. The van der Waals surface area contributed by atoms with Gasteiger partial charge in [-0.2, -0.15) is 0 Å². The van der Waals surface area contributed by atoms with Crippen LogP contribution in [-0.2, 0) is 4.74 Å². The van der Waals surface area contributed by atoms with Crippen LogP contribution in [0.1, 0.15) is 17.2 Å². The number of aromatic nitrogens is 2. The molecular weight excluding hydrogens is 685 g/mol. The standard InChI is InChI=1S/C51H34N4O/c1-5-13-33(14-6-1)50-52-47-46-40-24-21-34(31-36(40)23-26-45(46)55(51(47)56-50)39-19-11-4-12-20-39)35-22-25-41-44(32-35)42-27-29-53(37-15-7-2-8-16-37)49(42)43-28-30-54(48(41)43)38-17-9-3-10-18-38/h1-32,47,51H. The van der Waals surface area contributed by atoms with E-state index in [2.05, 4.69) is 190 Å². The minimum atomic E-state index is -0.259. The maximum absolute atomic E-state index is 6.70. The first-order chi connectivity index (χ1) is 27.8. The van der Waals surface area contributed by atoms with Crippen LogP contribution in [0.4, 0.5) is 11.4 Å². The molecule has 0 amide bonds.